The summed E-state index contributed by atoms with van der Waals surface area (Å²) in [5.41, 5.74) is 0.642. The summed E-state index contributed by atoms with van der Waals surface area (Å²) in [4.78, 5) is 8.52. The number of fused-ring (bicyclic) bond motifs is 1. The van der Waals surface area contributed by atoms with Crippen LogP contribution in [0, 0.1) is 0 Å². The van der Waals surface area contributed by atoms with E-state index in [1.807, 2.05) is 24.3 Å². The van der Waals surface area contributed by atoms with Crippen molar-refractivity contribution in [3.05, 3.63) is 60.3 Å². The van der Waals surface area contributed by atoms with Crippen molar-refractivity contribution in [3.8, 4) is 11.4 Å². The summed E-state index contributed by atoms with van der Waals surface area (Å²) in [6.07, 6.45) is -2.67. The van der Waals surface area contributed by atoms with Crippen LogP contribution in [-0.2, 0) is 6.18 Å². The molecule has 0 bridgehead atoms. The van der Waals surface area contributed by atoms with Gasteiger partial charge in [0.2, 0.25) is 0 Å². The fourth-order valence-corrected chi connectivity index (χ4v) is 1.92. The van der Waals surface area contributed by atoms with Crippen LogP contribution >= 0.6 is 0 Å². The number of halogens is 3. The number of aromatic nitrogens is 2. The average molecular weight is 274 g/mol. The molecule has 1 heterocycles. The summed E-state index contributed by atoms with van der Waals surface area (Å²) in [6, 6.07) is 12.3. The Morgan fingerprint density at radius 3 is 2.25 bits per heavy atom. The second-order valence-electron chi connectivity index (χ2n) is 4.33. The lowest BCUT2D eigenvalue weighted by Crippen LogP contribution is -2.04. The molecule has 2 aromatic carbocycles. The van der Waals surface area contributed by atoms with Gasteiger partial charge in [0, 0.05) is 17.1 Å². The maximum absolute atomic E-state index is 12.5. The van der Waals surface area contributed by atoms with Crippen molar-refractivity contribution in [2.75, 3.05) is 0 Å². The molecule has 0 aliphatic carbocycles. The highest BCUT2D eigenvalue weighted by atomic mass is 19.4. The Labute approximate surface area is 112 Å². The second-order valence-corrected chi connectivity index (χ2v) is 4.33. The van der Waals surface area contributed by atoms with Crippen molar-refractivity contribution in [2.24, 2.45) is 0 Å². The van der Waals surface area contributed by atoms with Gasteiger partial charge in [0.25, 0.3) is 0 Å². The van der Waals surface area contributed by atoms with E-state index >= 15 is 0 Å². The number of nitrogens with zero attached hydrogens (tertiary/aromatic N) is 2. The molecule has 0 radical (unpaired) electrons. The van der Waals surface area contributed by atoms with Crippen LogP contribution in [0.2, 0.25) is 0 Å². The van der Waals surface area contributed by atoms with Gasteiger partial charge in [0.1, 0.15) is 0 Å². The third-order valence-corrected chi connectivity index (χ3v) is 2.96. The normalized spacial score (nSPS) is 11.8. The van der Waals surface area contributed by atoms with Gasteiger partial charge < -0.3 is 0 Å². The first-order chi connectivity index (χ1) is 9.54. The van der Waals surface area contributed by atoms with Crippen LogP contribution in [0.15, 0.2) is 54.7 Å². The Balaban J connectivity index is 2.02. The molecule has 0 spiro atoms. The highest BCUT2D eigenvalue weighted by Gasteiger charge is 2.30. The van der Waals surface area contributed by atoms with Crippen LogP contribution in [0.1, 0.15) is 5.56 Å². The van der Waals surface area contributed by atoms with Crippen LogP contribution < -0.4 is 0 Å². The highest BCUT2D eigenvalue weighted by Crippen LogP contribution is 2.30. The van der Waals surface area contributed by atoms with Crippen LogP contribution in [0.3, 0.4) is 0 Å². The first-order valence-corrected chi connectivity index (χ1v) is 5.93. The van der Waals surface area contributed by atoms with E-state index in [2.05, 4.69) is 9.97 Å². The van der Waals surface area contributed by atoms with E-state index in [9.17, 15) is 13.2 Å². The van der Waals surface area contributed by atoms with Gasteiger partial charge in [0.05, 0.1) is 11.1 Å². The molecule has 1 aromatic heterocycles. The first-order valence-electron chi connectivity index (χ1n) is 5.93. The van der Waals surface area contributed by atoms with Gasteiger partial charge >= 0.3 is 6.18 Å². The lowest BCUT2D eigenvalue weighted by atomic mass is 10.1. The largest absolute Gasteiger partial charge is 0.416 e. The molecule has 0 N–H and O–H groups in total. The third-order valence-electron chi connectivity index (χ3n) is 2.96. The van der Waals surface area contributed by atoms with Crippen LogP contribution in [0.25, 0.3) is 22.3 Å². The molecule has 0 saturated heterocycles. The van der Waals surface area contributed by atoms with Gasteiger partial charge in [-0.15, -0.1) is 0 Å². The van der Waals surface area contributed by atoms with Gasteiger partial charge in [0.15, 0.2) is 5.82 Å². The smallest absolute Gasteiger partial charge is 0.236 e. The van der Waals surface area contributed by atoms with Gasteiger partial charge in [-0.2, -0.15) is 13.2 Å². The molecule has 0 fully saturated rings. The molecule has 0 aliphatic rings. The van der Waals surface area contributed by atoms with Crippen molar-refractivity contribution in [2.45, 2.75) is 6.18 Å². The summed E-state index contributed by atoms with van der Waals surface area (Å²) in [5.74, 6) is 0.414. The zero-order valence-electron chi connectivity index (χ0n) is 10.2. The topological polar surface area (TPSA) is 25.8 Å². The number of benzene rings is 2. The van der Waals surface area contributed by atoms with E-state index in [1.165, 1.54) is 12.1 Å². The third kappa shape index (κ3) is 2.34. The van der Waals surface area contributed by atoms with Crippen LogP contribution in [0.4, 0.5) is 13.2 Å². The minimum Gasteiger partial charge on any atom is -0.236 e. The quantitative estimate of drug-likeness (QED) is 0.660. The van der Waals surface area contributed by atoms with E-state index in [-0.39, 0.29) is 0 Å². The van der Waals surface area contributed by atoms with Gasteiger partial charge in [-0.05, 0) is 18.2 Å². The number of alkyl halides is 3. The zero-order chi connectivity index (χ0) is 14.2. The first kappa shape index (κ1) is 12.6. The van der Waals surface area contributed by atoms with E-state index in [0.717, 1.165) is 23.0 Å². The number of hydrogen-bond donors (Lipinski definition) is 0. The molecular weight excluding hydrogens is 265 g/mol. The Kier molecular flexibility index (Phi) is 2.89. The predicted octanol–water partition coefficient (Wildman–Crippen LogP) is 4.32. The van der Waals surface area contributed by atoms with Crippen molar-refractivity contribution in [3.63, 3.8) is 0 Å². The van der Waals surface area contributed by atoms with Crippen molar-refractivity contribution >= 4 is 10.9 Å². The van der Waals surface area contributed by atoms with Crippen LogP contribution in [0.5, 0.6) is 0 Å². The average Bonchev–Trinajstić information content (AvgIpc) is 2.46. The lowest BCUT2D eigenvalue weighted by molar-refractivity contribution is -0.137. The molecule has 20 heavy (non-hydrogen) atoms. The molecule has 0 saturated carbocycles. The SMILES string of the molecule is FC(F)(F)c1ccc(-c2ncc3ccccc3n2)cc1. The Hall–Kier alpha value is -2.43. The monoisotopic (exact) mass is 274 g/mol. The Morgan fingerprint density at radius 2 is 1.55 bits per heavy atom. The minimum absolute atomic E-state index is 0.414. The number of para-hydroxylation sites is 1. The molecule has 0 unspecified atom stereocenters. The van der Waals surface area contributed by atoms with Gasteiger partial charge in [-0.3, -0.25) is 0 Å². The summed E-state index contributed by atoms with van der Waals surface area (Å²) < 4.78 is 37.5. The van der Waals surface area contributed by atoms with E-state index < -0.39 is 11.7 Å². The molecule has 2 nitrogen and oxygen atoms in total. The standard InChI is InChI=1S/C15H9F3N2/c16-15(17,18)12-7-5-10(6-8-12)14-19-9-11-3-1-2-4-13(11)20-14/h1-9H. The molecule has 100 valence electrons. The van der Waals surface area contributed by atoms with Crippen molar-refractivity contribution in [1.29, 1.82) is 0 Å². The van der Waals surface area contributed by atoms with E-state index in [0.29, 0.717) is 11.4 Å². The predicted molar refractivity (Wildman–Crippen MR) is 70.0 cm³/mol. The lowest BCUT2D eigenvalue weighted by Gasteiger charge is -2.07. The summed E-state index contributed by atoms with van der Waals surface area (Å²) in [7, 11) is 0. The maximum atomic E-state index is 12.5. The fourth-order valence-electron chi connectivity index (χ4n) is 1.92. The van der Waals surface area contributed by atoms with E-state index in [1.54, 1.807) is 6.20 Å². The Bertz CT molecular complexity index is 749. The molecule has 3 aromatic rings. The molecule has 3 rings (SSSR count). The van der Waals surface area contributed by atoms with Crippen molar-refractivity contribution in [1.82, 2.24) is 9.97 Å². The molecule has 0 atom stereocenters. The molecule has 0 amide bonds. The summed E-state index contributed by atoms with van der Waals surface area (Å²) in [6.45, 7) is 0. The molecule has 5 heteroatoms. The minimum atomic E-state index is -4.33. The van der Waals surface area contributed by atoms with Crippen LogP contribution in [-0.4, -0.2) is 9.97 Å². The summed E-state index contributed by atoms with van der Waals surface area (Å²) >= 11 is 0. The summed E-state index contributed by atoms with van der Waals surface area (Å²) in [5, 5.41) is 0.892. The van der Waals surface area contributed by atoms with E-state index in [4.69, 9.17) is 0 Å². The zero-order valence-corrected chi connectivity index (χ0v) is 10.2. The second kappa shape index (κ2) is 4.59. The maximum Gasteiger partial charge on any atom is 0.416 e. The highest BCUT2D eigenvalue weighted by molar-refractivity contribution is 5.79. The van der Waals surface area contributed by atoms with Gasteiger partial charge in [-0.1, -0.05) is 30.3 Å². The van der Waals surface area contributed by atoms with Crippen molar-refractivity contribution < 1.29 is 13.2 Å². The molecular formula is C15H9F3N2. The van der Waals surface area contributed by atoms with Gasteiger partial charge in [-0.25, -0.2) is 9.97 Å². The fraction of sp³-hybridized carbons (Fsp3) is 0.0667. The molecule has 0 aliphatic heterocycles. The number of rotatable bonds is 1. The Morgan fingerprint density at radius 1 is 0.850 bits per heavy atom. The number of hydrogen-bond acceptors (Lipinski definition) is 2.